The van der Waals surface area contributed by atoms with Crippen LogP contribution in [0.1, 0.15) is 142 Å². The topological polar surface area (TPSA) is 105 Å². The molecule has 1 unspecified atom stereocenters. The van der Waals surface area contributed by atoms with Crippen LogP contribution in [0.3, 0.4) is 0 Å². The first kappa shape index (κ1) is 43.0. The molecule has 0 aliphatic rings. The fraction of sp³-hybridized carbons (Fsp3) is 0.857. The fourth-order valence-corrected chi connectivity index (χ4v) is 5.50. The number of unbranched alkanes of at least 4 members (excludes halogenated alkanes) is 16. The maximum atomic E-state index is 12.7. The summed E-state index contributed by atoms with van der Waals surface area (Å²) in [7, 11) is 1.55. The molecular formula is C35H70N2O6P+. The lowest BCUT2D eigenvalue weighted by molar-refractivity contribution is -0.870. The Hall–Kier alpha value is -1.02. The molecule has 0 rings (SSSR count). The molecule has 0 heterocycles. The smallest absolute Gasteiger partial charge is 0.387 e. The zero-order chi connectivity index (χ0) is 32.9. The summed E-state index contributed by atoms with van der Waals surface area (Å²) in [4.78, 5) is 22.9. The quantitative estimate of drug-likeness (QED) is 0.0302. The van der Waals surface area contributed by atoms with Gasteiger partial charge in [0.15, 0.2) is 0 Å². The van der Waals surface area contributed by atoms with E-state index in [1.54, 1.807) is 6.08 Å². The van der Waals surface area contributed by atoms with E-state index in [0.29, 0.717) is 17.4 Å². The summed E-state index contributed by atoms with van der Waals surface area (Å²) in [6.45, 7) is 4.72. The van der Waals surface area contributed by atoms with Crippen molar-refractivity contribution in [3.8, 4) is 0 Å². The number of amides is 1. The molecule has 3 N–H and O–H groups in total. The highest BCUT2D eigenvalue weighted by atomic mass is 31.2. The summed E-state index contributed by atoms with van der Waals surface area (Å²) in [5, 5.41) is 13.6. The number of quaternary nitrogens is 1. The number of allylic oxidation sites excluding steroid dienone is 3. The predicted molar refractivity (Wildman–Crippen MR) is 185 cm³/mol. The predicted octanol–water partition coefficient (Wildman–Crippen LogP) is 8.63. The van der Waals surface area contributed by atoms with Crippen LogP contribution < -0.4 is 5.32 Å². The summed E-state index contributed by atoms with van der Waals surface area (Å²) >= 11 is 0. The lowest BCUT2D eigenvalue weighted by atomic mass is 10.0. The molecular weight excluding hydrogens is 575 g/mol. The number of nitrogens with one attached hydrogen (secondary N) is 1. The maximum Gasteiger partial charge on any atom is 0.472 e. The average Bonchev–Trinajstić information content (AvgIpc) is 2.95. The summed E-state index contributed by atoms with van der Waals surface area (Å²) in [5.41, 5.74) is 0. The zero-order valence-corrected chi connectivity index (χ0v) is 30.0. The molecule has 0 saturated carbocycles. The van der Waals surface area contributed by atoms with E-state index >= 15 is 0 Å². The van der Waals surface area contributed by atoms with Crippen molar-refractivity contribution < 1.29 is 32.9 Å². The summed E-state index contributed by atoms with van der Waals surface area (Å²) < 4.78 is 23.3. The van der Waals surface area contributed by atoms with Crippen molar-refractivity contribution in [3.05, 3.63) is 24.3 Å². The highest BCUT2D eigenvalue weighted by molar-refractivity contribution is 7.47. The average molecular weight is 646 g/mol. The minimum absolute atomic E-state index is 0.0574. The number of aliphatic hydroxyl groups excluding tert-OH is 1. The van der Waals surface area contributed by atoms with Crippen LogP contribution in [-0.2, 0) is 18.4 Å². The molecule has 0 fully saturated rings. The Kier molecular flexibility index (Phi) is 27.6. The molecule has 0 bridgehead atoms. The maximum absolute atomic E-state index is 12.7. The van der Waals surface area contributed by atoms with Gasteiger partial charge in [-0.2, -0.15) is 0 Å². The largest absolute Gasteiger partial charge is 0.472 e. The van der Waals surface area contributed by atoms with Gasteiger partial charge in [-0.1, -0.05) is 128 Å². The molecule has 0 aromatic carbocycles. The first-order chi connectivity index (χ1) is 21.0. The number of phosphoric acid groups is 1. The van der Waals surface area contributed by atoms with Crippen LogP contribution in [0.2, 0.25) is 0 Å². The van der Waals surface area contributed by atoms with Crippen molar-refractivity contribution in [2.75, 3.05) is 40.9 Å². The summed E-state index contributed by atoms with van der Waals surface area (Å²) in [6, 6.07) is -0.854. The first-order valence-electron chi connectivity index (χ1n) is 17.7. The van der Waals surface area contributed by atoms with Gasteiger partial charge in [-0.25, -0.2) is 4.57 Å². The van der Waals surface area contributed by atoms with Crippen LogP contribution in [0.5, 0.6) is 0 Å². The van der Waals surface area contributed by atoms with Crippen LogP contribution >= 0.6 is 7.82 Å². The minimum Gasteiger partial charge on any atom is -0.387 e. The van der Waals surface area contributed by atoms with Crippen LogP contribution in [0.4, 0.5) is 0 Å². The third kappa shape index (κ3) is 29.7. The number of phosphoric ester groups is 1. The Morgan fingerprint density at radius 3 is 1.82 bits per heavy atom. The van der Waals surface area contributed by atoms with Crippen LogP contribution in [0, 0.1) is 0 Å². The number of aliphatic hydroxyl groups is 1. The van der Waals surface area contributed by atoms with E-state index in [-0.39, 0.29) is 19.1 Å². The highest BCUT2D eigenvalue weighted by Gasteiger charge is 2.27. The van der Waals surface area contributed by atoms with Gasteiger partial charge < -0.3 is 19.8 Å². The Morgan fingerprint density at radius 1 is 0.750 bits per heavy atom. The van der Waals surface area contributed by atoms with Gasteiger partial charge in [-0.3, -0.25) is 13.8 Å². The van der Waals surface area contributed by atoms with Crippen molar-refractivity contribution >= 4 is 13.7 Å². The number of rotatable bonds is 31. The molecule has 0 aromatic rings. The van der Waals surface area contributed by atoms with Gasteiger partial charge >= 0.3 is 7.82 Å². The number of likely N-dealkylation sites (N-methyl/N-ethyl adjacent to an activating group) is 1. The van der Waals surface area contributed by atoms with Gasteiger partial charge in [0.2, 0.25) is 5.91 Å². The Morgan fingerprint density at radius 2 is 1.25 bits per heavy atom. The molecule has 0 saturated heterocycles. The van der Waals surface area contributed by atoms with E-state index in [1.165, 1.54) is 83.5 Å². The van der Waals surface area contributed by atoms with Gasteiger partial charge in [0, 0.05) is 6.42 Å². The molecule has 0 spiro atoms. The summed E-state index contributed by atoms with van der Waals surface area (Å²) in [6.07, 6.45) is 29.6. The number of nitrogens with zero attached hydrogens (tertiary/aromatic N) is 1. The Balaban J connectivity index is 4.62. The SMILES string of the molecule is CCCCCC/C=C/CC/C=C/[C@@H](O)[C@H](COP(=O)(O)OCC[N+](C)(C)C)NC(=O)CCCCCCCCCCCCCC. The second kappa shape index (κ2) is 28.2. The van der Waals surface area contributed by atoms with Crippen molar-refractivity contribution in [2.45, 2.75) is 154 Å². The molecule has 44 heavy (non-hydrogen) atoms. The molecule has 8 nitrogen and oxygen atoms in total. The van der Waals surface area contributed by atoms with E-state index in [2.05, 4.69) is 31.3 Å². The number of hydrogen-bond acceptors (Lipinski definition) is 5. The van der Waals surface area contributed by atoms with Gasteiger partial charge in [-0.05, 0) is 32.1 Å². The third-order valence-corrected chi connectivity index (χ3v) is 8.66. The standard InChI is InChI=1S/C35H69N2O6P/c1-6-8-10-12-14-16-18-19-21-23-25-27-29-35(39)36-33(32-43-44(40,41)42-31-30-37(3,4)5)34(38)28-26-24-22-20-17-15-13-11-9-7-2/h17,20,26,28,33-34,38H,6-16,18-19,21-25,27,29-32H2,1-5H3,(H-,36,39,40,41)/p+1/b20-17+,28-26+/t33-,34+/m0/s1. The van der Waals surface area contributed by atoms with Crippen molar-refractivity contribution in [1.82, 2.24) is 5.32 Å². The zero-order valence-electron chi connectivity index (χ0n) is 29.1. The van der Waals surface area contributed by atoms with Crippen LogP contribution in [0.25, 0.3) is 0 Å². The fourth-order valence-electron chi connectivity index (χ4n) is 4.76. The molecule has 260 valence electrons. The van der Waals surface area contributed by atoms with Crippen LogP contribution in [0.15, 0.2) is 24.3 Å². The normalized spacial score (nSPS) is 15.2. The number of carbonyl (C=O) groups is 1. The van der Waals surface area contributed by atoms with E-state index < -0.39 is 20.0 Å². The lowest BCUT2D eigenvalue weighted by Crippen LogP contribution is -2.45. The van der Waals surface area contributed by atoms with E-state index in [9.17, 15) is 19.4 Å². The molecule has 0 aromatic heterocycles. The van der Waals surface area contributed by atoms with Gasteiger partial charge in [0.05, 0.1) is 39.9 Å². The molecule has 0 radical (unpaired) electrons. The second-order valence-corrected chi connectivity index (χ2v) is 14.7. The van der Waals surface area contributed by atoms with Crippen molar-refractivity contribution in [2.24, 2.45) is 0 Å². The van der Waals surface area contributed by atoms with Gasteiger partial charge in [0.1, 0.15) is 13.2 Å². The lowest BCUT2D eigenvalue weighted by Gasteiger charge is -2.25. The molecule has 0 aliphatic heterocycles. The van der Waals surface area contributed by atoms with Crippen molar-refractivity contribution in [1.29, 1.82) is 0 Å². The van der Waals surface area contributed by atoms with Crippen LogP contribution in [-0.4, -0.2) is 73.4 Å². The number of carbonyl (C=O) groups excluding carboxylic acids is 1. The third-order valence-electron chi connectivity index (χ3n) is 7.67. The van der Waals surface area contributed by atoms with Gasteiger partial charge in [0.25, 0.3) is 0 Å². The monoisotopic (exact) mass is 645 g/mol. The molecule has 0 aliphatic carbocycles. The van der Waals surface area contributed by atoms with Gasteiger partial charge in [-0.15, -0.1) is 0 Å². The molecule has 3 atom stereocenters. The van der Waals surface area contributed by atoms with Crippen molar-refractivity contribution in [3.63, 3.8) is 0 Å². The van der Waals surface area contributed by atoms with E-state index in [4.69, 9.17) is 9.05 Å². The Bertz CT molecular complexity index is 784. The van der Waals surface area contributed by atoms with E-state index in [0.717, 1.165) is 38.5 Å². The number of hydrogen-bond donors (Lipinski definition) is 3. The highest BCUT2D eigenvalue weighted by Crippen LogP contribution is 2.43. The first-order valence-corrected chi connectivity index (χ1v) is 19.2. The van der Waals surface area contributed by atoms with E-state index in [1.807, 2.05) is 27.2 Å². The second-order valence-electron chi connectivity index (χ2n) is 13.2. The Labute approximate surface area is 271 Å². The summed E-state index contributed by atoms with van der Waals surface area (Å²) in [5.74, 6) is -0.192. The molecule has 1 amide bonds. The molecule has 9 heteroatoms. The minimum atomic E-state index is -4.33.